The van der Waals surface area contributed by atoms with Crippen LogP contribution in [0.2, 0.25) is 18.1 Å². The highest BCUT2D eigenvalue weighted by atomic mass is 79.9. The quantitative estimate of drug-likeness (QED) is 0.234. The molecule has 5 rings (SSSR count). The molecule has 2 heterocycles. The average Bonchev–Trinajstić information content (AvgIpc) is 3.48. The molecule has 4 nitrogen and oxygen atoms in total. The molecule has 1 fully saturated rings. The van der Waals surface area contributed by atoms with Gasteiger partial charge in [-0.2, -0.15) is 0 Å². The average molecular weight is 754 g/mol. The van der Waals surface area contributed by atoms with E-state index in [0.29, 0.717) is 0 Å². The molecule has 9 heteroatoms. The summed E-state index contributed by atoms with van der Waals surface area (Å²) in [6, 6.07) is 24.8. The molecule has 1 saturated heterocycles. The van der Waals surface area contributed by atoms with Crippen molar-refractivity contribution < 1.29 is 13.9 Å². The SMILES string of the molecule is CC(C)(C)[Si](C)(C)OC(c1ccc(Br)cc1)N1C=CSC12OC(c1ccc(Br)cc1)OC2c1ccc(Br)cc1. The number of rotatable bonds is 6. The molecule has 4 atom stereocenters. The molecule has 0 aromatic heterocycles. The predicted octanol–water partition coefficient (Wildman–Crippen LogP) is 10.7. The van der Waals surface area contributed by atoms with Gasteiger partial charge in [0, 0.05) is 30.7 Å². The maximum absolute atomic E-state index is 7.19. The molecular formula is C30H32Br3NO3SSi. The maximum atomic E-state index is 7.19. The van der Waals surface area contributed by atoms with Gasteiger partial charge in [-0.1, -0.05) is 117 Å². The van der Waals surface area contributed by atoms with Crippen molar-refractivity contribution >= 4 is 67.9 Å². The molecule has 1 spiro atoms. The van der Waals surface area contributed by atoms with E-state index >= 15 is 0 Å². The largest absolute Gasteiger partial charge is 0.393 e. The lowest BCUT2D eigenvalue weighted by molar-refractivity contribution is -0.132. The van der Waals surface area contributed by atoms with Crippen molar-refractivity contribution in [3.05, 3.63) is 115 Å². The zero-order valence-electron chi connectivity index (χ0n) is 22.5. The van der Waals surface area contributed by atoms with Gasteiger partial charge in [0.1, 0.15) is 12.3 Å². The van der Waals surface area contributed by atoms with Crippen LogP contribution in [0.5, 0.6) is 0 Å². The smallest absolute Gasteiger partial charge is 0.229 e. The number of hydrogen-bond acceptors (Lipinski definition) is 5. The van der Waals surface area contributed by atoms with Crippen LogP contribution < -0.4 is 0 Å². The number of benzene rings is 3. The number of halogens is 3. The van der Waals surface area contributed by atoms with Gasteiger partial charge < -0.3 is 18.8 Å². The Kier molecular flexibility index (Phi) is 8.65. The summed E-state index contributed by atoms with van der Waals surface area (Å²) >= 11 is 12.4. The second kappa shape index (κ2) is 11.4. The third-order valence-corrected chi connectivity index (χ3v) is 14.7. The molecule has 3 aromatic rings. The Hall–Kier alpha value is -0.913. The molecule has 39 heavy (non-hydrogen) atoms. The molecule has 0 aliphatic carbocycles. The van der Waals surface area contributed by atoms with Gasteiger partial charge in [-0.25, -0.2) is 0 Å². The second-order valence-corrected chi connectivity index (χ2v) is 19.9. The summed E-state index contributed by atoms with van der Waals surface area (Å²) in [5.41, 5.74) is 3.08. The molecule has 0 N–H and O–H groups in total. The molecular weight excluding hydrogens is 722 g/mol. The first-order chi connectivity index (χ1) is 18.4. The summed E-state index contributed by atoms with van der Waals surface area (Å²) in [5, 5.41) is 1.26. The van der Waals surface area contributed by atoms with Crippen molar-refractivity contribution in [1.82, 2.24) is 4.90 Å². The predicted molar refractivity (Wildman–Crippen MR) is 172 cm³/mol. The first-order valence-corrected chi connectivity index (χ1v) is 19.0. The minimum absolute atomic E-state index is 0.0302. The highest BCUT2D eigenvalue weighted by Gasteiger charge is 2.59. The zero-order chi connectivity index (χ0) is 28.0. The van der Waals surface area contributed by atoms with Gasteiger partial charge in [-0.05, 0) is 65.5 Å². The third-order valence-electron chi connectivity index (χ3n) is 7.62. The van der Waals surface area contributed by atoms with Gasteiger partial charge in [0.25, 0.3) is 0 Å². The Morgan fingerprint density at radius 3 is 1.90 bits per heavy atom. The van der Waals surface area contributed by atoms with Crippen LogP contribution in [0.1, 0.15) is 56.1 Å². The number of ether oxygens (including phenoxy) is 2. The lowest BCUT2D eigenvalue weighted by Gasteiger charge is -2.46. The van der Waals surface area contributed by atoms with Gasteiger partial charge in [0.2, 0.25) is 5.06 Å². The van der Waals surface area contributed by atoms with Crippen LogP contribution in [0.4, 0.5) is 0 Å². The second-order valence-electron chi connectivity index (χ2n) is 11.3. The van der Waals surface area contributed by atoms with E-state index in [4.69, 9.17) is 13.9 Å². The lowest BCUT2D eigenvalue weighted by Crippen LogP contribution is -2.51. The minimum atomic E-state index is -2.20. The van der Waals surface area contributed by atoms with Crippen LogP contribution in [-0.2, 0) is 13.9 Å². The van der Waals surface area contributed by atoms with Crippen molar-refractivity contribution in [3.63, 3.8) is 0 Å². The fourth-order valence-electron chi connectivity index (χ4n) is 4.40. The van der Waals surface area contributed by atoms with Crippen molar-refractivity contribution in [3.8, 4) is 0 Å². The first-order valence-electron chi connectivity index (χ1n) is 12.8. The zero-order valence-corrected chi connectivity index (χ0v) is 29.1. The van der Waals surface area contributed by atoms with E-state index in [2.05, 4.69) is 147 Å². The van der Waals surface area contributed by atoms with Gasteiger partial charge in [0.05, 0.1) is 0 Å². The maximum Gasteiger partial charge on any atom is 0.229 e. The van der Waals surface area contributed by atoms with E-state index in [0.717, 1.165) is 30.1 Å². The minimum Gasteiger partial charge on any atom is -0.393 e. The number of thioether (sulfide) groups is 1. The van der Waals surface area contributed by atoms with E-state index < -0.39 is 19.7 Å². The topological polar surface area (TPSA) is 30.9 Å². The number of nitrogens with zero attached hydrogens (tertiary/aromatic N) is 1. The van der Waals surface area contributed by atoms with Crippen molar-refractivity contribution in [1.29, 1.82) is 0 Å². The van der Waals surface area contributed by atoms with Gasteiger partial charge in [-0.3, -0.25) is 0 Å². The Bertz CT molecular complexity index is 1330. The molecule has 206 valence electrons. The van der Waals surface area contributed by atoms with E-state index in [9.17, 15) is 0 Å². The van der Waals surface area contributed by atoms with Crippen LogP contribution in [-0.4, -0.2) is 18.3 Å². The standard InChI is InChI=1S/C30H32Br3NO3SSi/c1-29(2,3)39(4,5)37-27(21-8-14-24(32)15-9-21)34-18-19-38-30(34)26(20-6-12-23(31)13-7-20)35-28(36-30)22-10-16-25(33)17-11-22/h6-19,26-28H,1-5H3. The Balaban J connectivity index is 1.61. The monoisotopic (exact) mass is 751 g/mol. The normalized spacial score (nSPS) is 24.1. The molecule has 0 radical (unpaired) electrons. The lowest BCUT2D eigenvalue weighted by atomic mass is 10.1. The molecule has 0 bridgehead atoms. The van der Waals surface area contributed by atoms with Crippen LogP contribution in [0.15, 0.2) is 97.8 Å². The fraction of sp³-hybridized carbons (Fsp3) is 0.333. The van der Waals surface area contributed by atoms with E-state index in [1.807, 2.05) is 24.3 Å². The van der Waals surface area contributed by atoms with E-state index in [-0.39, 0.29) is 17.4 Å². The highest BCUT2D eigenvalue weighted by molar-refractivity contribution is 9.11. The molecule has 3 aromatic carbocycles. The highest BCUT2D eigenvalue weighted by Crippen LogP contribution is 2.60. The summed E-state index contributed by atoms with van der Waals surface area (Å²) < 4.78 is 24.0. The van der Waals surface area contributed by atoms with E-state index in [1.165, 1.54) is 0 Å². The van der Waals surface area contributed by atoms with Crippen molar-refractivity contribution in [2.75, 3.05) is 0 Å². The van der Waals surface area contributed by atoms with Gasteiger partial charge in [-0.15, -0.1) is 0 Å². The van der Waals surface area contributed by atoms with Crippen LogP contribution >= 0.6 is 59.6 Å². The first kappa shape index (κ1) is 29.6. The Morgan fingerprint density at radius 2 is 1.36 bits per heavy atom. The summed E-state index contributed by atoms with van der Waals surface area (Å²) in [6.07, 6.45) is 0.819. The summed E-state index contributed by atoms with van der Waals surface area (Å²) in [4.78, 5) is 2.23. The van der Waals surface area contributed by atoms with E-state index in [1.54, 1.807) is 11.8 Å². The Labute approximate surface area is 262 Å². The van der Waals surface area contributed by atoms with Crippen LogP contribution in [0.3, 0.4) is 0 Å². The molecule has 2 aliphatic rings. The summed E-state index contributed by atoms with van der Waals surface area (Å²) in [7, 11) is -2.20. The van der Waals surface area contributed by atoms with Gasteiger partial charge >= 0.3 is 0 Å². The molecule has 2 aliphatic heterocycles. The molecule has 0 amide bonds. The van der Waals surface area contributed by atoms with Crippen LogP contribution in [0, 0.1) is 0 Å². The van der Waals surface area contributed by atoms with Crippen molar-refractivity contribution in [2.24, 2.45) is 0 Å². The summed E-state index contributed by atoms with van der Waals surface area (Å²) in [6.45, 7) is 11.4. The molecule has 4 unspecified atom stereocenters. The molecule has 0 saturated carbocycles. The Morgan fingerprint density at radius 1 is 0.846 bits per heavy atom. The van der Waals surface area contributed by atoms with Gasteiger partial charge in [0.15, 0.2) is 14.6 Å². The summed E-state index contributed by atoms with van der Waals surface area (Å²) in [5.74, 6) is 0. The van der Waals surface area contributed by atoms with Crippen molar-refractivity contribution in [2.45, 2.75) is 62.6 Å². The fourth-order valence-corrected chi connectivity index (χ4v) is 7.48. The number of hydrogen-bond donors (Lipinski definition) is 0. The third kappa shape index (κ3) is 6.02. The van der Waals surface area contributed by atoms with Crippen LogP contribution in [0.25, 0.3) is 0 Å².